The van der Waals surface area contributed by atoms with Crippen LogP contribution >= 0.6 is 0 Å². The first-order chi connectivity index (χ1) is 10.3. The van der Waals surface area contributed by atoms with E-state index in [1.165, 1.54) is 49.2 Å². The highest BCUT2D eigenvalue weighted by Gasteiger charge is 2.27. The minimum Gasteiger partial charge on any atom is -0.310 e. The predicted molar refractivity (Wildman–Crippen MR) is 84.0 cm³/mol. The normalized spacial score (nSPS) is 19.0. The van der Waals surface area contributed by atoms with Crippen molar-refractivity contribution in [3.63, 3.8) is 0 Å². The van der Waals surface area contributed by atoms with Crippen LogP contribution < -0.4 is 4.90 Å². The molecule has 2 aromatic rings. The van der Waals surface area contributed by atoms with Gasteiger partial charge >= 0.3 is 0 Å². The molecule has 0 atom stereocenters. The van der Waals surface area contributed by atoms with Crippen molar-refractivity contribution in [1.82, 2.24) is 14.8 Å². The summed E-state index contributed by atoms with van der Waals surface area (Å²) in [5, 5.41) is 9.04. The van der Waals surface area contributed by atoms with E-state index in [1.54, 1.807) is 0 Å². The van der Waals surface area contributed by atoms with E-state index in [1.807, 2.05) is 0 Å². The number of aromatic nitrogens is 3. The van der Waals surface area contributed by atoms with Crippen molar-refractivity contribution in [3.8, 4) is 0 Å². The first kappa shape index (κ1) is 12.9. The Bertz CT molecular complexity index is 640. The number of fused-ring (bicyclic) bond motifs is 1. The molecule has 21 heavy (non-hydrogen) atoms. The van der Waals surface area contributed by atoms with Gasteiger partial charge in [0, 0.05) is 25.2 Å². The van der Waals surface area contributed by atoms with Gasteiger partial charge in [0.15, 0.2) is 0 Å². The van der Waals surface area contributed by atoms with Crippen LogP contribution in [0.3, 0.4) is 0 Å². The summed E-state index contributed by atoms with van der Waals surface area (Å²) in [5.74, 6) is 2.78. The molecule has 1 fully saturated rings. The maximum Gasteiger partial charge on any atom is 0.231 e. The third kappa shape index (κ3) is 2.13. The second-order valence-corrected chi connectivity index (χ2v) is 6.28. The maximum atomic E-state index is 4.53. The van der Waals surface area contributed by atoms with Crippen LogP contribution in [-0.2, 0) is 13.5 Å². The molecule has 0 unspecified atom stereocenters. The van der Waals surface area contributed by atoms with Crippen LogP contribution in [0.5, 0.6) is 0 Å². The zero-order valence-corrected chi connectivity index (χ0v) is 12.6. The molecule has 2 heterocycles. The predicted octanol–water partition coefficient (Wildman–Crippen LogP) is 3.56. The van der Waals surface area contributed by atoms with E-state index < -0.39 is 0 Å². The molecule has 4 nitrogen and oxygen atoms in total. The molecule has 1 aromatic carbocycles. The molecule has 2 aliphatic rings. The van der Waals surface area contributed by atoms with Crippen LogP contribution in [0.1, 0.15) is 49.4 Å². The van der Waals surface area contributed by atoms with Crippen molar-refractivity contribution >= 4 is 11.6 Å². The van der Waals surface area contributed by atoms with Crippen molar-refractivity contribution in [2.24, 2.45) is 7.05 Å². The Morgan fingerprint density at radius 3 is 2.71 bits per heavy atom. The molecule has 4 rings (SSSR count). The summed E-state index contributed by atoms with van der Waals surface area (Å²) >= 11 is 0. The second kappa shape index (κ2) is 5.17. The Morgan fingerprint density at radius 1 is 1.05 bits per heavy atom. The van der Waals surface area contributed by atoms with Gasteiger partial charge in [0.1, 0.15) is 5.82 Å². The molecule has 0 amide bonds. The van der Waals surface area contributed by atoms with Crippen molar-refractivity contribution in [1.29, 1.82) is 0 Å². The van der Waals surface area contributed by atoms with E-state index in [0.29, 0.717) is 5.92 Å². The fraction of sp³-hybridized carbons (Fsp3) is 0.529. The SMILES string of the molecule is Cn1c(C2CCCCC2)nnc1N1CCc2ccccc21. The van der Waals surface area contributed by atoms with E-state index >= 15 is 0 Å². The lowest BCUT2D eigenvalue weighted by molar-refractivity contribution is 0.420. The Balaban J connectivity index is 1.66. The minimum absolute atomic E-state index is 0.600. The smallest absolute Gasteiger partial charge is 0.231 e. The Morgan fingerprint density at radius 2 is 1.86 bits per heavy atom. The van der Waals surface area contributed by atoms with E-state index in [9.17, 15) is 0 Å². The quantitative estimate of drug-likeness (QED) is 0.844. The van der Waals surface area contributed by atoms with E-state index in [0.717, 1.165) is 18.9 Å². The monoisotopic (exact) mass is 282 g/mol. The summed E-state index contributed by atoms with van der Waals surface area (Å²) in [6, 6.07) is 8.63. The van der Waals surface area contributed by atoms with Crippen molar-refractivity contribution in [2.75, 3.05) is 11.4 Å². The fourth-order valence-corrected chi connectivity index (χ4v) is 3.83. The number of para-hydroxylation sites is 1. The highest BCUT2D eigenvalue weighted by atomic mass is 15.4. The highest BCUT2D eigenvalue weighted by Crippen LogP contribution is 2.36. The minimum atomic E-state index is 0.600. The largest absolute Gasteiger partial charge is 0.310 e. The number of benzene rings is 1. The van der Waals surface area contributed by atoms with Crippen LogP contribution in [0.2, 0.25) is 0 Å². The maximum absolute atomic E-state index is 4.53. The Hall–Kier alpha value is -1.84. The summed E-state index contributed by atoms with van der Waals surface area (Å²) in [5.41, 5.74) is 2.71. The summed E-state index contributed by atoms with van der Waals surface area (Å²) in [7, 11) is 2.13. The molecular weight excluding hydrogens is 260 g/mol. The molecule has 0 radical (unpaired) electrons. The number of hydrogen-bond acceptors (Lipinski definition) is 3. The third-order valence-corrected chi connectivity index (χ3v) is 4.98. The molecule has 1 saturated carbocycles. The highest BCUT2D eigenvalue weighted by molar-refractivity contribution is 5.65. The first-order valence-corrected chi connectivity index (χ1v) is 8.09. The molecule has 1 aliphatic carbocycles. The van der Waals surface area contributed by atoms with Gasteiger partial charge in [0.2, 0.25) is 5.95 Å². The molecule has 0 bridgehead atoms. The lowest BCUT2D eigenvalue weighted by Crippen LogP contribution is -2.19. The van der Waals surface area contributed by atoms with Crippen molar-refractivity contribution < 1.29 is 0 Å². The van der Waals surface area contributed by atoms with Crippen LogP contribution in [0.4, 0.5) is 11.6 Å². The van der Waals surface area contributed by atoms with Gasteiger partial charge in [-0.25, -0.2) is 0 Å². The topological polar surface area (TPSA) is 34.0 Å². The van der Waals surface area contributed by atoms with Crippen molar-refractivity contribution in [3.05, 3.63) is 35.7 Å². The third-order valence-electron chi connectivity index (χ3n) is 4.98. The lowest BCUT2D eigenvalue weighted by atomic mass is 9.89. The Labute approximate surface area is 125 Å². The molecule has 1 aliphatic heterocycles. The zero-order chi connectivity index (χ0) is 14.2. The molecular formula is C17H22N4. The molecule has 1 aromatic heterocycles. The molecule has 0 spiro atoms. The number of anilines is 2. The van der Waals surface area contributed by atoms with E-state index in [4.69, 9.17) is 0 Å². The number of rotatable bonds is 2. The average molecular weight is 282 g/mol. The van der Waals surface area contributed by atoms with Crippen LogP contribution in [0.15, 0.2) is 24.3 Å². The molecule has 4 heteroatoms. The van der Waals surface area contributed by atoms with Crippen molar-refractivity contribution in [2.45, 2.75) is 44.4 Å². The van der Waals surface area contributed by atoms with Gasteiger partial charge in [-0.1, -0.05) is 37.5 Å². The molecule has 0 saturated heterocycles. The summed E-state index contributed by atoms with van der Waals surface area (Å²) < 4.78 is 2.22. The summed E-state index contributed by atoms with van der Waals surface area (Å²) in [4.78, 5) is 2.31. The van der Waals surface area contributed by atoms with Gasteiger partial charge < -0.3 is 4.90 Å². The Kier molecular flexibility index (Phi) is 3.17. The molecule has 110 valence electrons. The van der Waals surface area contributed by atoms with Gasteiger partial charge in [-0.2, -0.15) is 0 Å². The van der Waals surface area contributed by atoms with Gasteiger partial charge in [-0.05, 0) is 30.9 Å². The van der Waals surface area contributed by atoms with E-state index in [2.05, 4.69) is 51.0 Å². The van der Waals surface area contributed by atoms with Gasteiger partial charge in [-0.15, -0.1) is 10.2 Å². The zero-order valence-electron chi connectivity index (χ0n) is 12.6. The van der Waals surface area contributed by atoms with Gasteiger partial charge in [0.05, 0.1) is 0 Å². The van der Waals surface area contributed by atoms with E-state index in [-0.39, 0.29) is 0 Å². The number of hydrogen-bond donors (Lipinski definition) is 0. The van der Waals surface area contributed by atoms with Crippen LogP contribution in [0.25, 0.3) is 0 Å². The standard InChI is InChI=1S/C17H22N4/c1-20-16(14-8-3-2-4-9-14)18-19-17(20)21-12-11-13-7-5-6-10-15(13)21/h5-7,10,14H,2-4,8-9,11-12H2,1H3. The first-order valence-electron chi connectivity index (χ1n) is 8.09. The molecule has 0 N–H and O–H groups in total. The summed E-state index contributed by atoms with van der Waals surface area (Å²) in [6.07, 6.45) is 7.67. The van der Waals surface area contributed by atoms with Gasteiger partial charge in [0.25, 0.3) is 0 Å². The van der Waals surface area contributed by atoms with Crippen LogP contribution in [-0.4, -0.2) is 21.3 Å². The van der Waals surface area contributed by atoms with Gasteiger partial charge in [-0.3, -0.25) is 4.57 Å². The number of nitrogens with zero attached hydrogens (tertiary/aromatic N) is 4. The lowest BCUT2D eigenvalue weighted by Gasteiger charge is -2.22. The fourth-order valence-electron chi connectivity index (χ4n) is 3.83. The summed E-state index contributed by atoms with van der Waals surface area (Å²) in [6.45, 7) is 1.01. The average Bonchev–Trinajstić information content (AvgIpc) is 3.11. The second-order valence-electron chi connectivity index (χ2n) is 6.28. The van der Waals surface area contributed by atoms with Crippen LogP contribution in [0, 0.1) is 0 Å².